The van der Waals surface area contributed by atoms with E-state index in [-0.39, 0.29) is 5.91 Å². The number of anilines is 1. The molecule has 1 N–H and O–H groups in total. The predicted molar refractivity (Wildman–Crippen MR) is 111 cm³/mol. The number of aromatic nitrogens is 2. The van der Waals surface area contributed by atoms with Gasteiger partial charge in [-0.15, -0.1) is 11.3 Å². The SMILES string of the molecule is COc1ccc(OC)c(NC(=O)c2cc3c(C)nn(-c4ccccc4)c3s2)c1. The van der Waals surface area contributed by atoms with Gasteiger partial charge in [-0.05, 0) is 37.3 Å². The van der Waals surface area contributed by atoms with Gasteiger partial charge in [-0.25, -0.2) is 4.68 Å². The van der Waals surface area contributed by atoms with Crippen LogP contribution in [0.25, 0.3) is 15.9 Å². The van der Waals surface area contributed by atoms with Crippen LogP contribution in [0.3, 0.4) is 0 Å². The molecule has 0 radical (unpaired) electrons. The highest BCUT2D eigenvalue weighted by atomic mass is 32.1. The van der Waals surface area contributed by atoms with Crippen LogP contribution in [0.4, 0.5) is 5.69 Å². The van der Waals surface area contributed by atoms with Gasteiger partial charge in [0.25, 0.3) is 5.91 Å². The highest BCUT2D eigenvalue weighted by molar-refractivity contribution is 7.20. The number of benzene rings is 2. The Hall–Kier alpha value is -3.32. The van der Waals surface area contributed by atoms with Crippen LogP contribution in [0.1, 0.15) is 15.4 Å². The smallest absolute Gasteiger partial charge is 0.265 e. The molecular weight excluding hydrogens is 374 g/mol. The molecular formula is C21H19N3O3S. The van der Waals surface area contributed by atoms with E-state index < -0.39 is 0 Å². The summed E-state index contributed by atoms with van der Waals surface area (Å²) < 4.78 is 12.5. The molecule has 2 aromatic heterocycles. The summed E-state index contributed by atoms with van der Waals surface area (Å²) in [5.74, 6) is 1.01. The number of amides is 1. The van der Waals surface area contributed by atoms with E-state index in [1.165, 1.54) is 11.3 Å². The van der Waals surface area contributed by atoms with Gasteiger partial charge in [0.2, 0.25) is 0 Å². The van der Waals surface area contributed by atoms with Crippen LogP contribution in [0, 0.1) is 6.92 Å². The van der Waals surface area contributed by atoms with E-state index in [1.54, 1.807) is 32.4 Å². The third kappa shape index (κ3) is 3.20. The minimum atomic E-state index is -0.202. The van der Waals surface area contributed by atoms with E-state index >= 15 is 0 Å². The highest BCUT2D eigenvalue weighted by Crippen LogP contribution is 2.33. The van der Waals surface area contributed by atoms with Crippen molar-refractivity contribution in [3.63, 3.8) is 0 Å². The molecule has 28 heavy (non-hydrogen) atoms. The number of carbonyl (C=O) groups excluding carboxylic acids is 1. The summed E-state index contributed by atoms with van der Waals surface area (Å²) in [5.41, 5.74) is 2.41. The van der Waals surface area contributed by atoms with Crippen LogP contribution in [0.5, 0.6) is 11.5 Å². The topological polar surface area (TPSA) is 65.4 Å². The van der Waals surface area contributed by atoms with Gasteiger partial charge < -0.3 is 14.8 Å². The number of rotatable bonds is 5. The number of carbonyl (C=O) groups is 1. The average Bonchev–Trinajstić information content (AvgIpc) is 3.29. The molecule has 0 saturated carbocycles. The number of methoxy groups -OCH3 is 2. The van der Waals surface area contributed by atoms with Crippen molar-refractivity contribution in [2.45, 2.75) is 6.92 Å². The van der Waals surface area contributed by atoms with Gasteiger partial charge in [0.05, 0.1) is 36.2 Å². The lowest BCUT2D eigenvalue weighted by Gasteiger charge is -2.11. The summed E-state index contributed by atoms with van der Waals surface area (Å²) in [4.78, 5) is 14.4. The molecule has 0 spiro atoms. The van der Waals surface area contributed by atoms with Gasteiger partial charge in [0.15, 0.2) is 0 Å². The Kier molecular flexibility index (Phi) is 4.75. The number of aryl methyl sites for hydroxylation is 1. The van der Waals surface area contributed by atoms with E-state index in [0.29, 0.717) is 22.1 Å². The van der Waals surface area contributed by atoms with Crippen molar-refractivity contribution in [1.82, 2.24) is 9.78 Å². The number of nitrogens with one attached hydrogen (secondary N) is 1. The molecule has 142 valence electrons. The maximum absolute atomic E-state index is 12.9. The average molecular weight is 393 g/mol. The van der Waals surface area contributed by atoms with Crippen molar-refractivity contribution in [3.05, 3.63) is 65.2 Å². The number of fused-ring (bicyclic) bond motifs is 1. The molecule has 0 fully saturated rings. The Balaban J connectivity index is 1.69. The quantitative estimate of drug-likeness (QED) is 0.535. The number of hydrogen-bond acceptors (Lipinski definition) is 5. The summed E-state index contributed by atoms with van der Waals surface area (Å²) in [6, 6.07) is 17.0. The molecule has 2 aromatic carbocycles. The molecule has 4 rings (SSSR count). The monoisotopic (exact) mass is 393 g/mol. The number of para-hydroxylation sites is 1. The third-order valence-electron chi connectivity index (χ3n) is 4.42. The van der Waals surface area contributed by atoms with Crippen LogP contribution in [0.15, 0.2) is 54.6 Å². The lowest BCUT2D eigenvalue weighted by Crippen LogP contribution is -2.11. The predicted octanol–water partition coefficient (Wildman–Crippen LogP) is 4.66. The van der Waals surface area contributed by atoms with E-state index in [4.69, 9.17) is 9.47 Å². The molecule has 0 unspecified atom stereocenters. The first-order valence-corrected chi connectivity index (χ1v) is 9.50. The summed E-state index contributed by atoms with van der Waals surface area (Å²) in [5, 5.41) is 8.50. The second-order valence-electron chi connectivity index (χ2n) is 6.18. The number of ether oxygens (including phenoxy) is 2. The standard InChI is InChI=1S/C21H19N3O3S/c1-13-16-12-19(28-21(16)24(23-13)14-7-5-4-6-8-14)20(25)22-17-11-15(26-2)9-10-18(17)27-3/h4-12H,1-3H3,(H,22,25). The number of thiophene rings is 1. The molecule has 0 bridgehead atoms. The first-order chi connectivity index (χ1) is 13.6. The highest BCUT2D eigenvalue weighted by Gasteiger charge is 2.18. The summed E-state index contributed by atoms with van der Waals surface area (Å²) in [6.45, 7) is 1.95. The van der Waals surface area contributed by atoms with Gasteiger partial charge >= 0.3 is 0 Å². The Morgan fingerprint density at radius 1 is 1.07 bits per heavy atom. The van der Waals surface area contributed by atoms with Crippen molar-refractivity contribution in [2.24, 2.45) is 0 Å². The largest absolute Gasteiger partial charge is 0.497 e. The third-order valence-corrected chi connectivity index (χ3v) is 5.53. The minimum Gasteiger partial charge on any atom is -0.497 e. The van der Waals surface area contributed by atoms with Crippen LogP contribution >= 0.6 is 11.3 Å². The fourth-order valence-electron chi connectivity index (χ4n) is 3.00. The lowest BCUT2D eigenvalue weighted by molar-refractivity contribution is 0.103. The maximum atomic E-state index is 12.9. The molecule has 0 atom stereocenters. The van der Waals surface area contributed by atoms with Crippen LogP contribution < -0.4 is 14.8 Å². The molecule has 0 aliphatic rings. The van der Waals surface area contributed by atoms with Crippen LogP contribution in [0.2, 0.25) is 0 Å². The summed E-state index contributed by atoms with van der Waals surface area (Å²) in [6.07, 6.45) is 0. The second-order valence-corrected chi connectivity index (χ2v) is 7.21. The van der Waals surface area contributed by atoms with E-state index in [2.05, 4.69) is 10.4 Å². The fraction of sp³-hybridized carbons (Fsp3) is 0.143. The number of hydrogen-bond donors (Lipinski definition) is 1. The normalized spacial score (nSPS) is 10.8. The van der Waals surface area contributed by atoms with Crippen molar-refractivity contribution >= 4 is 33.1 Å². The van der Waals surface area contributed by atoms with Crippen molar-refractivity contribution in [2.75, 3.05) is 19.5 Å². The molecule has 0 aliphatic carbocycles. The zero-order chi connectivity index (χ0) is 19.7. The van der Waals surface area contributed by atoms with E-state index in [0.717, 1.165) is 21.6 Å². The zero-order valence-corrected chi connectivity index (χ0v) is 16.5. The fourth-order valence-corrected chi connectivity index (χ4v) is 4.08. The number of nitrogens with zero attached hydrogens (tertiary/aromatic N) is 2. The second kappa shape index (κ2) is 7.36. The molecule has 0 saturated heterocycles. The van der Waals surface area contributed by atoms with E-state index in [1.807, 2.05) is 48.0 Å². The van der Waals surface area contributed by atoms with Crippen LogP contribution in [-0.4, -0.2) is 29.9 Å². The first kappa shape index (κ1) is 18.1. The molecule has 0 aliphatic heterocycles. The maximum Gasteiger partial charge on any atom is 0.265 e. The van der Waals surface area contributed by atoms with E-state index in [9.17, 15) is 4.79 Å². The Bertz CT molecular complexity index is 1150. The zero-order valence-electron chi connectivity index (χ0n) is 15.7. The van der Waals surface area contributed by atoms with Crippen molar-refractivity contribution in [1.29, 1.82) is 0 Å². The van der Waals surface area contributed by atoms with Gasteiger partial charge in [0.1, 0.15) is 16.3 Å². The van der Waals surface area contributed by atoms with Gasteiger partial charge in [0, 0.05) is 11.5 Å². The van der Waals surface area contributed by atoms with Crippen LogP contribution in [-0.2, 0) is 0 Å². The minimum absolute atomic E-state index is 0.202. The summed E-state index contributed by atoms with van der Waals surface area (Å²) in [7, 11) is 3.15. The molecule has 6 nitrogen and oxygen atoms in total. The molecule has 7 heteroatoms. The Labute approximate surface area is 166 Å². The molecule has 2 heterocycles. The molecule has 4 aromatic rings. The van der Waals surface area contributed by atoms with Gasteiger partial charge in [-0.3, -0.25) is 4.79 Å². The Morgan fingerprint density at radius 2 is 1.86 bits per heavy atom. The first-order valence-electron chi connectivity index (χ1n) is 8.68. The van der Waals surface area contributed by atoms with Crippen molar-refractivity contribution < 1.29 is 14.3 Å². The summed E-state index contributed by atoms with van der Waals surface area (Å²) >= 11 is 1.41. The van der Waals surface area contributed by atoms with Crippen molar-refractivity contribution in [3.8, 4) is 17.2 Å². The molecule has 1 amide bonds. The lowest BCUT2D eigenvalue weighted by atomic mass is 10.2. The Morgan fingerprint density at radius 3 is 2.57 bits per heavy atom. The van der Waals surface area contributed by atoms with Gasteiger partial charge in [-0.2, -0.15) is 5.10 Å². The van der Waals surface area contributed by atoms with Gasteiger partial charge in [-0.1, -0.05) is 18.2 Å².